The molecule has 21 heavy (non-hydrogen) atoms. The molecule has 110 valence electrons. The number of carboxylic acid groups (broad SMARTS) is 1. The van der Waals surface area contributed by atoms with Gasteiger partial charge in [0.05, 0.1) is 5.56 Å². The van der Waals surface area contributed by atoms with Crippen molar-refractivity contribution in [1.82, 2.24) is 20.1 Å². The van der Waals surface area contributed by atoms with Crippen LogP contribution in [0.4, 0.5) is 0 Å². The van der Waals surface area contributed by atoms with E-state index in [9.17, 15) is 14.7 Å². The number of nitrogens with one attached hydrogen (secondary N) is 1. The molecule has 2 heterocycles. The van der Waals surface area contributed by atoms with E-state index in [0.717, 1.165) is 23.9 Å². The highest BCUT2D eigenvalue weighted by molar-refractivity contribution is 5.99. The zero-order chi connectivity index (χ0) is 15.1. The number of H-pyrrole nitrogens is 1. The van der Waals surface area contributed by atoms with Crippen LogP contribution in [0.2, 0.25) is 0 Å². The molecule has 0 saturated heterocycles. The summed E-state index contributed by atoms with van der Waals surface area (Å²) in [6.45, 7) is 3.39. The number of rotatable bonds is 4. The Kier molecular flexibility index (Phi) is 3.12. The number of carboxylic acids is 1. The number of hydrogen-bond donors (Lipinski definition) is 2. The predicted molar refractivity (Wildman–Crippen MR) is 74.9 cm³/mol. The van der Waals surface area contributed by atoms with Gasteiger partial charge in [-0.05, 0) is 32.8 Å². The molecule has 1 unspecified atom stereocenters. The third kappa shape index (κ3) is 2.35. The van der Waals surface area contributed by atoms with Gasteiger partial charge in [0.2, 0.25) is 0 Å². The molecule has 0 spiro atoms. The van der Waals surface area contributed by atoms with Gasteiger partial charge in [-0.25, -0.2) is 9.78 Å². The third-order valence-electron chi connectivity index (χ3n) is 3.80. The number of amides is 1. The molecule has 7 heteroatoms. The molecule has 1 atom stereocenters. The van der Waals surface area contributed by atoms with E-state index >= 15 is 0 Å². The molecule has 1 fully saturated rings. The first-order valence-electron chi connectivity index (χ1n) is 6.85. The third-order valence-corrected chi connectivity index (χ3v) is 3.80. The summed E-state index contributed by atoms with van der Waals surface area (Å²) >= 11 is 0. The van der Waals surface area contributed by atoms with Gasteiger partial charge in [-0.1, -0.05) is 0 Å². The quantitative estimate of drug-likeness (QED) is 0.884. The number of fused-ring (bicyclic) bond motifs is 1. The van der Waals surface area contributed by atoms with Crippen LogP contribution >= 0.6 is 0 Å². The lowest BCUT2D eigenvalue weighted by Crippen LogP contribution is -2.44. The van der Waals surface area contributed by atoms with Crippen LogP contribution in [-0.4, -0.2) is 49.1 Å². The van der Waals surface area contributed by atoms with Gasteiger partial charge in [-0.3, -0.25) is 9.89 Å². The number of carbonyl (C=O) groups is 2. The number of aliphatic carboxylic acids is 1. The minimum atomic E-state index is -0.997. The zero-order valence-electron chi connectivity index (χ0n) is 11.8. The highest BCUT2D eigenvalue weighted by Crippen LogP contribution is 2.30. The van der Waals surface area contributed by atoms with Crippen LogP contribution in [0.5, 0.6) is 0 Å². The fraction of sp³-hybridized carbons (Fsp3) is 0.429. The van der Waals surface area contributed by atoms with Crippen molar-refractivity contribution in [3.05, 3.63) is 23.5 Å². The molecule has 1 saturated carbocycles. The molecule has 1 aliphatic rings. The smallest absolute Gasteiger partial charge is 0.326 e. The summed E-state index contributed by atoms with van der Waals surface area (Å²) in [4.78, 5) is 29.4. The Morgan fingerprint density at radius 2 is 2.19 bits per heavy atom. The average Bonchev–Trinajstić information content (AvgIpc) is 3.22. The summed E-state index contributed by atoms with van der Waals surface area (Å²) in [7, 11) is 0. The van der Waals surface area contributed by atoms with Gasteiger partial charge < -0.3 is 10.0 Å². The van der Waals surface area contributed by atoms with Gasteiger partial charge in [0.1, 0.15) is 6.04 Å². The van der Waals surface area contributed by atoms with E-state index in [1.165, 1.54) is 18.0 Å². The molecule has 0 radical (unpaired) electrons. The number of aromatic nitrogens is 3. The molecule has 2 aromatic rings. The SMILES string of the molecule is Cc1[nH]nc2ncc(C(=O)N(C3CC3)C(C)C(=O)O)cc12. The normalized spacial score (nSPS) is 15.9. The fourth-order valence-electron chi connectivity index (χ4n) is 2.42. The number of pyridine rings is 1. The molecular formula is C14H16N4O3. The van der Waals surface area contributed by atoms with Crippen molar-refractivity contribution in [3.63, 3.8) is 0 Å². The molecule has 1 amide bonds. The first-order chi connectivity index (χ1) is 9.99. The highest BCUT2D eigenvalue weighted by Gasteiger charge is 2.38. The fourth-order valence-corrected chi connectivity index (χ4v) is 2.42. The van der Waals surface area contributed by atoms with Crippen molar-refractivity contribution in [2.75, 3.05) is 0 Å². The topological polar surface area (TPSA) is 99.2 Å². The van der Waals surface area contributed by atoms with Crippen molar-refractivity contribution < 1.29 is 14.7 Å². The van der Waals surface area contributed by atoms with E-state index < -0.39 is 12.0 Å². The number of hydrogen-bond acceptors (Lipinski definition) is 4. The molecule has 0 aliphatic heterocycles. The van der Waals surface area contributed by atoms with Crippen molar-refractivity contribution in [3.8, 4) is 0 Å². The maximum Gasteiger partial charge on any atom is 0.326 e. The Balaban J connectivity index is 1.97. The number of nitrogens with zero attached hydrogens (tertiary/aromatic N) is 3. The van der Waals surface area contributed by atoms with Crippen molar-refractivity contribution >= 4 is 22.9 Å². The zero-order valence-corrected chi connectivity index (χ0v) is 11.8. The van der Waals surface area contributed by atoms with Crippen LogP contribution in [0.15, 0.2) is 12.3 Å². The van der Waals surface area contributed by atoms with Gasteiger partial charge in [-0.15, -0.1) is 0 Å². The minimum Gasteiger partial charge on any atom is -0.480 e. The van der Waals surface area contributed by atoms with E-state index in [-0.39, 0.29) is 11.9 Å². The summed E-state index contributed by atoms with van der Waals surface area (Å²) in [5, 5.41) is 16.8. The minimum absolute atomic E-state index is 0.0183. The standard InChI is InChI=1S/C14H16N4O3/c1-7-11-5-9(6-15-12(11)17-16-7)13(19)18(10-3-4-10)8(2)14(20)21/h5-6,8,10H,3-4H2,1-2H3,(H,20,21)(H,15,16,17). The molecule has 2 N–H and O–H groups in total. The number of aromatic amines is 1. The highest BCUT2D eigenvalue weighted by atomic mass is 16.4. The molecule has 7 nitrogen and oxygen atoms in total. The van der Waals surface area contributed by atoms with Crippen LogP contribution in [0.1, 0.15) is 35.8 Å². The van der Waals surface area contributed by atoms with Crippen LogP contribution in [-0.2, 0) is 4.79 Å². The van der Waals surface area contributed by atoms with E-state index in [0.29, 0.717) is 11.2 Å². The summed E-state index contributed by atoms with van der Waals surface area (Å²) in [6, 6.07) is 0.892. The second kappa shape index (κ2) is 4.83. The van der Waals surface area contributed by atoms with E-state index in [1.807, 2.05) is 6.92 Å². The van der Waals surface area contributed by atoms with E-state index in [4.69, 9.17) is 0 Å². The monoisotopic (exact) mass is 288 g/mol. The first kappa shape index (κ1) is 13.5. The molecule has 1 aliphatic carbocycles. The van der Waals surface area contributed by atoms with Gasteiger partial charge in [-0.2, -0.15) is 5.10 Å². The van der Waals surface area contributed by atoms with Gasteiger partial charge in [0.25, 0.3) is 5.91 Å². The van der Waals surface area contributed by atoms with E-state index in [2.05, 4.69) is 15.2 Å². The van der Waals surface area contributed by atoms with E-state index in [1.54, 1.807) is 6.07 Å². The van der Waals surface area contributed by atoms with Gasteiger partial charge >= 0.3 is 5.97 Å². The maximum absolute atomic E-state index is 12.6. The maximum atomic E-state index is 12.6. The lowest BCUT2D eigenvalue weighted by atomic mass is 10.1. The summed E-state index contributed by atoms with van der Waals surface area (Å²) in [6.07, 6.45) is 3.16. The van der Waals surface area contributed by atoms with Crippen LogP contribution < -0.4 is 0 Å². The Hall–Kier alpha value is -2.44. The van der Waals surface area contributed by atoms with Crippen LogP contribution in [0.25, 0.3) is 11.0 Å². The lowest BCUT2D eigenvalue weighted by Gasteiger charge is -2.26. The molecule has 2 aromatic heterocycles. The van der Waals surface area contributed by atoms with Gasteiger partial charge in [0, 0.05) is 23.3 Å². The second-order valence-electron chi connectivity index (χ2n) is 5.40. The summed E-state index contributed by atoms with van der Waals surface area (Å²) in [5.41, 5.74) is 1.77. The van der Waals surface area contributed by atoms with Crippen LogP contribution in [0.3, 0.4) is 0 Å². The summed E-state index contributed by atoms with van der Waals surface area (Å²) in [5.74, 6) is -1.29. The first-order valence-corrected chi connectivity index (χ1v) is 6.85. The predicted octanol–water partition coefficient (Wildman–Crippen LogP) is 1.34. The van der Waals surface area contributed by atoms with Crippen molar-refractivity contribution in [2.45, 2.75) is 38.8 Å². The molecular weight excluding hydrogens is 272 g/mol. The molecule has 0 aromatic carbocycles. The Bertz CT molecular complexity index is 720. The van der Waals surface area contributed by atoms with Gasteiger partial charge in [0.15, 0.2) is 5.65 Å². The number of carbonyl (C=O) groups excluding carboxylic acids is 1. The van der Waals surface area contributed by atoms with Crippen molar-refractivity contribution in [1.29, 1.82) is 0 Å². The Morgan fingerprint density at radius 1 is 1.48 bits per heavy atom. The second-order valence-corrected chi connectivity index (χ2v) is 5.40. The Labute approximate surface area is 121 Å². The van der Waals surface area contributed by atoms with Crippen LogP contribution in [0, 0.1) is 6.92 Å². The lowest BCUT2D eigenvalue weighted by molar-refractivity contribution is -0.141. The van der Waals surface area contributed by atoms with Crippen molar-refractivity contribution in [2.24, 2.45) is 0 Å². The summed E-state index contributed by atoms with van der Waals surface area (Å²) < 4.78 is 0. The largest absolute Gasteiger partial charge is 0.480 e. The molecule has 0 bridgehead atoms. The Morgan fingerprint density at radius 3 is 2.81 bits per heavy atom. The number of aryl methyl sites for hydroxylation is 1. The average molecular weight is 288 g/mol. The molecule has 3 rings (SSSR count).